The van der Waals surface area contributed by atoms with E-state index in [1.165, 1.54) is 6.07 Å². The summed E-state index contributed by atoms with van der Waals surface area (Å²) >= 11 is 3.42. The molecule has 2 rings (SSSR count). The van der Waals surface area contributed by atoms with Crippen molar-refractivity contribution in [2.45, 2.75) is 33.2 Å². The molecule has 1 aromatic carbocycles. The van der Waals surface area contributed by atoms with Crippen LogP contribution >= 0.6 is 15.9 Å². The number of benzene rings is 1. The lowest BCUT2D eigenvalue weighted by molar-refractivity contribution is 0.553. The largest absolute Gasteiger partial charge is 0.306 e. The fourth-order valence-corrected chi connectivity index (χ4v) is 2.77. The Kier molecular flexibility index (Phi) is 5.42. The minimum atomic E-state index is -0.225. The molecule has 0 aliphatic carbocycles. The van der Waals surface area contributed by atoms with Crippen molar-refractivity contribution in [1.82, 2.24) is 15.5 Å². The van der Waals surface area contributed by atoms with Gasteiger partial charge in [-0.25, -0.2) is 4.39 Å². The lowest BCUT2D eigenvalue weighted by Gasteiger charge is -2.22. The van der Waals surface area contributed by atoms with Crippen molar-refractivity contribution in [3.8, 4) is 0 Å². The molecular weight excluding hydrogens is 333 g/mol. The number of hydrogen-bond acceptors (Lipinski definition) is 3. The van der Waals surface area contributed by atoms with Gasteiger partial charge in [0.2, 0.25) is 0 Å². The number of halogens is 2. The molecule has 3 nitrogen and oxygen atoms in total. The van der Waals surface area contributed by atoms with Gasteiger partial charge < -0.3 is 5.32 Å². The molecule has 1 atom stereocenters. The SMILES string of the molecule is CCNC(c1cc(Br)ccc1F)c1cc(C)nnc1CC. The van der Waals surface area contributed by atoms with Gasteiger partial charge in [0.15, 0.2) is 0 Å². The van der Waals surface area contributed by atoms with Gasteiger partial charge in [0, 0.05) is 10.0 Å². The lowest BCUT2D eigenvalue weighted by Crippen LogP contribution is -2.25. The second-order valence-corrected chi connectivity index (χ2v) is 5.81. The van der Waals surface area contributed by atoms with E-state index in [4.69, 9.17) is 0 Å². The number of rotatable bonds is 5. The maximum Gasteiger partial charge on any atom is 0.128 e. The van der Waals surface area contributed by atoms with E-state index in [9.17, 15) is 4.39 Å². The van der Waals surface area contributed by atoms with Gasteiger partial charge in [-0.1, -0.05) is 29.8 Å². The average molecular weight is 352 g/mol. The van der Waals surface area contributed by atoms with Crippen LogP contribution in [-0.4, -0.2) is 16.7 Å². The molecule has 5 heteroatoms. The minimum absolute atomic E-state index is 0.222. The molecule has 2 aromatic rings. The first-order chi connectivity index (χ1) is 10.1. The summed E-state index contributed by atoms with van der Waals surface area (Å²) in [6.07, 6.45) is 0.764. The predicted octanol–water partition coefficient (Wildman–Crippen LogP) is 3.95. The van der Waals surface area contributed by atoms with E-state index in [-0.39, 0.29) is 11.9 Å². The van der Waals surface area contributed by atoms with Crippen LogP contribution in [0.4, 0.5) is 4.39 Å². The summed E-state index contributed by atoms with van der Waals surface area (Å²) in [6, 6.07) is 6.77. The number of nitrogens with one attached hydrogen (secondary N) is 1. The zero-order valence-corrected chi connectivity index (χ0v) is 14.0. The highest BCUT2D eigenvalue weighted by Crippen LogP contribution is 2.29. The van der Waals surface area contributed by atoms with Crippen LogP contribution in [0.25, 0.3) is 0 Å². The summed E-state index contributed by atoms with van der Waals surface area (Å²) in [7, 11) is 0. The smallest absolute Gasteiger partial charge is 0.128 e. The molecule has 1 N–H and O–H groups in total. The van der Waals surface area contributed by atoms with Gasteiger partial charge in [-0.05, 0) is 49.7 Å². The van der Waals surface area contributed by atoms with Crippen molar-refractivity contribution >= 4 is 15.9 Å². The second-order valence-electron chi connectivity index (χ2n) is 4.90. The number of aryl methyl sites for hydroxylation is 2. The summed E-state index contributed by atoms with van der Waals surface area (Å²) in [5, 5.41) is 11.7. The van der Waals surface area contributed by atoms with Crippen molar-refractivity contribution in [1.29, 1.82) is 0 Å². The molecule has 0 saturated carbocycles. The van der Waals surface area contributed by atoms with Crippen LogP contribution in [0.15, 0.2) is 28.7 Å². The van der Waals surface area contributed by atoms with Crippen LogP contribution in [0.5, 0.6) is 0 Å². The number of hydrogen-bond donors (Lipinski definition) is 1. The summed E-state index contributed by atoms with van der Waals surface area (Å²) in [5.74, 6) is -0.222. The van der Waals surface area contributed by atoms with E-state index in [0.29, 0.717) is 5.56 Å². The van der Waals surface area contributed by atoms with Crippen molar-refractivity contribution in [2.75, 3.05) is 6.54 Å². The topological polar surface area (TPSA) is 37.8 Å². The standard InChI is InChI=1S/C16H19BrFN3/c1-4-15-13(8-10(3)20-21-15)16(19-5-2)12-9-11(17)6-7-14(12)18/h6-9,16,19H,4-5H2,1-3H3. The molecule has 1 aromatic heterocycles. The zero-order chi connectivity index (χ0) is 15.4. The highest BCUT2D eigenvalue weighted by atomic mass is 79.9. The van der Waals surface area contributed by atoms with E-state index in [1.807, 2.05) is 32.9 Å². The molecule has 1 heterocycles. The molecule has 0 saturated heterocycles. The molecule has 0 fully saturated rings. The van der Waals surface area contributed by atoms with Crippen LogP contribution in [0, 0.1) is 12.7 Å². The van der Waals surface area contributed by atoms with Gasteiger partial charge in [-0.15, -0.1) is 0 Å². The first-order valence-electron chi connectivity index (χ1n) is 7.08. The third kappa shape index (κ3) is 3.66. The fourth-order valence-electron chi connectivity index (χ4n) is 2.39. The van der Waals surface area contributed by atoms with E-state index in [2.05, 4.69) is 31.4 Å². The first kappa shape index (κ1) is 16.0. The quantitative estimate of drug-likeness (QED) is 0.886. The normalized spacial score (nSPS) is 12.4. The lowest BCUT2D eigenvalue weighted by atomic mass is 9.96. The van der Waals surface area contributed by atoms with Crippen LogP contribution in [-0.2, 0) is 6.42 Å². The fraction of sp³-hybridized carbons (Fsp3) is 0.375. The van der Waals surface area contributed by atoms with E-state index >= 15 is 0 Å². The molecule has 0 spiro atoms. The Labute approximate surface area is 133 Å². The molecule has 21 heavy (non-hydrogen) atoms. The molecule has 0 radical (unpaired) electrons. The Morgan fingerprint density at radius 2 is 1.95 bits per heavy atom. The Balaban J connectivity index is 2.58. The number of nitrogens with zero attached hydrogens (tertiary/aromatic N) is 2. The van der Waals surface area contributed by atoms with Gasteiger partial charge in [-0.3, -0.25) is 0 Å². The van der Waals surface area contributed by atoms with Crippen LogP contribution < -0.4 is 5.32 Å². The number of aromatic nitrogens is 2. The molecule has 0 aliphatic heterocycles. The highest BCUT2D eigenvalue weighted by molar-refractivity contribution is 9.10. The Morgan fingerprint density at radius 3 is 2.62 bits per heavy atom. The van der Waals surface area contributed by atoms with Gasteiger partial charge in [0.1, 0.15) is 5.82 Å². The summed E-state index contributed by atoms with van der Waals surface area (Å²) < 4.78 is 15.1. The average Bonchev–Trinajstić information content (AvgIpc) is 2.47. The van der Waals surface area contributed by atoms with Gasteiger partial charge >= 0.3 is 0 Å². The van der Waals surface area contributed by atoms with Gasteiger partial charge in [0.25, 0.3) is 0 Å². The molecule has 0 amide bonds. The van der Waals surface area contributed by atoms with Crippen LogP contribution in [0.1, 0.15) is 42.4 Å². The third-order valence-electron chi connectivity index (χ3n) is 3.35. The predicted molar refractivity (Wildman–Crippen MR) is 85.8 cm³/mol. The van der Waals surface area contributed by atoms with Crippen molar-refractivity contribution in [3.63, 3.8) is 0 Å². The third-order valence-corrected chi connectivity index (χ3v) is 3.84. The monoisotopic (exact) mass is 351 g/mol. The molecule has 0 aliphatic rings. The Bertz CT molecular complexity index is 631. The summed E-state index contributed by atoms with van der Waals surface area (Å²) in [6.45, 7) is 6.68. The Hall–Kier alpha value is -1.33. The first-order valence-corrected chi connectivity index (χ1v) is 7.87. The van der Waals surface area contributed by atoms with E-state index in [1.54, 1.807) is 6.07 Å². The summed E-state index contributed by atoms with van der Waals surface area (Å²) in [5.41, 5.74) is 3.34. The molecule has 1 unspecified atom stereocenters. The molecular formula is C16H19BrFN3. The van der Waals surface area contributed by atoms with Crippen LogP contribution in [0.3, 0.4) is 0 Å². The van der Waals surface area contributed by atoms with E-state index < -0.39 is 0 Å². The summed E-state index contributed by atoms with van der Waals surface area (Å²) in [4.78, 5) is 0. The zero-order valence-electron chi connectivity index (χ0n) is 12.5. The molecule has 0 bridgehead atoms. The second kappa shape index (κ2) is 7.09. The van der Waals surface area contributed by atoms with Gasteiger partial charge in [-0.2, -0.15) is 10.2 Å². The van der Waals surface area contributed by atoms with E-state index in [0.717, 1.165) is 34.4 Å². The maximum absolute atomic E-state index is 14.3. The highest BCUT2D eigenvalue weighted by Gasteiger charge is 2.21. The maximum atomic E-state index is 14.3. The minimum Gasteiger partial charge on any atom is -0.306 e. The van der Waals surface area contributed by atoms with Crippen molar-refractivity contribution < 1.29 is 4.39 Å². The molecule has 112 valence electrons. The van der Waals surface area contributed by atoms with Gasteiger partial charge in [0.05, 0.1) is 17.4 Å². The Morgan fingerprint density at radius 1 is 1.19 bits per heavy atom. The van der Waals surface area contributed by atoms with Crippen LogP contribution in [0.2, 0.25) is 0 Å². The van der Waals surface area contributed by atoms with Crippen molar-refractivity contribution in [3.05, 3.63) is 57.1 Å². The van der Waals surface area contributed by atoms with Crippen molar-refractivity contribution in [2.24, 2.45) is 0 Å².